The number of ether oxygens (including phenoxy) is 2. The molecule has 0 unspecified atom stereocenters. The van der Waals surface area contributed by atoms with E-state index in [0.29, 0.717) is 17.9 Å². The number of fused-ring (bicyclic) bond motifs is 1. The SMILES string of the molecule is COc1ccc(CCCC(=O)Nc2ccc(N3CCNCC3)c3ccccc23)cc1OC. The molecule has 4 rings (SSSR count). The van der Waals surface area contributed by atoms with Gasteiger partial charge < -0.3 is 25.0 Å². The molecule has 6 nitrogen and oxygen atoms in total. The molecule has 0 aromatic heterocycles. The van der Waals surface area contributed by atoms with Gasteiger partial charge in [-0.05, 0) is 42.7 Å². The summed E-state index contributed by atoms with van der Waals surface area (Å²) in [5, 5.41) is 8.79. The maximum absolute atomic E-state index is 12.7. The molecule has 0 aliphatic carbocycles. The molecule has 32 heavy (non-hydrogen) atoms. The van der Waals surface area contributed by atoms with E-state index in [0.717, 1.165) is 55.7 Å². The lowest BCUT2D eigenvalue weighted by molar-refractivity contribution is -0.116. The van der Waals surface area contributed by atoms with Crippen LogP contribution in [-0.4, -0.2) is 46.3 Å². The van der Waals surface area contributed by atoms with Crippen LogP contribution in [0.4, 0.5) is 11.4 Å². The molecule has 3 aromatic rings. The number of nitrogens with one attached hydrogen (secondary N) is 2. The Morgan fingerprint density at radius 2 is 1.72 bits per heavy atom. The van der Waals surface area contributed by atoms with Gasteiger partial charge in [0.15, 0.2) is 11.5 Å². The number of hydrogen-bond donors (Lipinski definition) is 2. The Morgan fingerprint density at radius 3 is 2.47 bits per heavy atom. The predicted molar refractivity (Wildman–Crippen MR) is 130 cm³/mol. The third-order valence-electron chi connectivity index (χ3n) is 5.95. The number of rotatable bonds is 8. The number of benzene rings is 3. The summed E-state index contributed by atoms with van der Waals surface area (Å²) in [5.41, 5.74) is 3.23. The van der Waals surface area contributed by atoms with Gasteiger partial charge in [0.2, 0.25) is 5.91 Å². The molecule has 1 amide bonds. The first kappa shape index (κ1) is 22.0. The average Bonchev–Trinajstić information content (AvgIpc) is 2.84. The van der Waals surface area contributed by atoms with Crippen molar-refractivity contribution in [3.63, 3.8) is 0 Å². The summed E-state index contributed by atoms with van der Waals surface area (Å²) in [6.07, 6.45) is 2.02. The molecule has 2 N–H and O–H groups in total. The third kappa shape index (κ3) is 4.97. The van der Waals surface area contributed by atoms with E-state index in [2.05, 4.69) is 39.8 Å². The van der Waals surface area contributed by atoms with Crippen molar-refractivity contribution in [1.29, 1.82) is 0 Å². The monoisotopic (exact) mass is 433 g/mol. The Labute approximate surface area is 189 Å². The lowest BCUT2D eigenvalue weighted by atomic mass is 10.0. The summed E-state index contributed by atoms with van der Waals surface area (Å²) in [4.78, 5) is 15.1. The Balaban J connectivity index is 1.41. The average molecular weight is 434 g/mol. The Kier molecular flexibility index (Phi) is 7.12. The van der Waals surface area contributed by atoms with Crippen molar-refractivity contribution in [2.75, 3.05) is 50.6 Å². The zero-order valence-corrected chi connectivity index (χ0v) is 18.8. The van der Waals surface area contributed by atoms with Crippen LogP contribution in [0, 0.1) is 0 Å². The summed E-state index contributed by atoms with van der Waals surface area (Å²) in [6.45, 7) is 3.97. The van der Waals surface area contributed by atoms with Gasteiger partial charge in [-0.2, -0.15) is 0 Å². The van der Waals surface area contributed by atoms with E-state index in [9.17, 15) is 4.79 Å². The number of amides is 1. The second-order valence-corrected chi connectivity index (χ2v) is 8.01. The fourth-order valence-electron chi connectivity index (χ4n) is 4.28. The molecule has 0 radical (unpaired) electrons. The van der Waals surface area contributed by atoms with Crippen LogP contribution in [0.1, 0.15) is 18.4 Å². The first-order chi connectivity index (χ1) is 15.7. The van der Waals surface area contributed by atoms with Gasteiger partial charge in [-0.3, -0.25) is 4.79 Å². The molecular formula is C26H31N3O3. The molecular weight excluding hydrogens is 402 g/mol. The van der Waals surface area contributed by atoms with Crippen LogP contribution in [0.15, 0.2) is 54.6 Å². The first-order valence-corrected chi connectivity index (χ1v) is 11.2. The van der Waals surface area contributed by atoms with Crippen LogP contribution >= 0.6 is 0 Å². The molecule has 0 atom stereocenters. The van der Waals surface area contributed by atoms with Gasteiger partial charge in [0, 0.05) is 54.7 Å². The summed E-state index contributed by atoms with van der Waals surface area (Å²) in [5.74, 6) is 1.46. The van der Waals surface area contributed by atoms with E-state index in [1.165, 1.54) is 11.1 Å². The maximum atomic E-state index is 12.7. The van der Waals surface area contributed by atoms with Gasteiger partial charge in [-0.15, -0.1) is 0 Å². The molecule has 1 aliphatic rings. The minimum Gasteiger partial charge on any atom is -0.493 e. The highest BCUT2D eigenvalue weighted by molar-refractivity contribution is 6.06. The number of carbonyl (C=O) groups excluding carboxylic acids is 1. The van der Waals surface area contributed by atoms with E-state index in [1.807, 2.05) is 30.3 Å². The van der Waals surface area contributed by atoms with Crippen molar-refractivity contribution >= 4 is 28.1 Å². The minimum absolute atomic E-state index is 0.0329. The number of carbonyl (C=O) groups is 1. The Bertz CT molecular complexity index is 1080. The first-order valence-electron chi connectivity index (χ1n) is 11.2. The van der Waals surface area contributed by atoms with Crippen LogP contribution in [-0.2, 0) is 11.2 Å². The van der Waals surface area contributed by atoms with Gasteiger partial charge in [-0.1, -0.05) is 30.3 Å². The van der Waals surface area contributed by atoms with Crippen molar-refractivity contribution in [3.8, 4) is 11.5 Å². The molecule has 3 aromatic carbocycles. The van der Waals surface area contributed by atoms with E-state index in [1.54, 1.807) is 14.2 Å². The summed E-state index contributed by atoms with van der Waals surface area (Å²) in [7, 11) is 3.26. The number of hydrogen-bond acceptors (Lipinski definition) is 5. The van der Waals surface area contributed by atoms with E-state index >= 15 is 0 Å². The van der Waals surface area contributed by atoms with Crippen LogP contribution in [0.3, 0.4) is 0 Å². The standard InChI is InChI=1S/C26H31N3O3/c1-31-24-13-10-19(18-25(24)32-2)6-5-9-26(30)28-22-11-12-23(29-16-14-27-15-17-29)21-8-4-3-7-20(21)22/h3-4,7-8,10-13,18,27H,5-6,9,14-17H2,1-2H3,(H,28,30). The summed E-state index contributed by atoms with van der Waals surface area (Å²) in [6, 6.07) is 18.4. The van der Waals surface area contributed by atoms with E-state index < -0.39 is 0 Å². The zero-order chi connectivity index (χ0) is 22.3. The molecule has 6 heteroatoms. The molecule has 1 fully saturated rings. The van der Waals surface area contributed by atoms with Crippen LogP contribution in [0.25, 0.3) is 10.8 Å². The van der Waals surface area contributed by atoms with Crippen molar-refractivity contribution in [1.82, 2.24) is 5.32 Å². The number of nitrogens with zero attached hydrogens (tertiary/aromatic N) is 1. The number of anilines is 2. The lowest BCUT2D eigenvalue weighted by Gasteiger charge is -2.30. The molecule has 1 saturated heterocycles. The smallest absolute Gasteiger partial charge is 0.224 e. The predicted octanol–water partition coefficient (Wildman–Crippen LogP) is 4.23. The Morgan fingerprint density at radius 1 is 0.969 bits per heavy atom. The highest BCUT2D eigenvalue weighted by Gasteiger charge is 2.15. The fourth-order valence-corrected chi connectivity index (χ4v) is 4.28. The third-order valence-corrected chi connectivity index (χ3v) is 5.95. The summed E-state index contributed by atoms with van der Waals surface area (Å²) < 4.78 is 10.7. The topological polar surface area (TPSA) is 62.8 Å². The van der Waals surface area contributed by atoms with Gasteiger partial charge in [0.05, 0.1) is 14.2 Å². The molecule has 168 valence electrons. The molecule has 0 spiro atoms. The van der Waals surface area contributed by atoms with Crippen LogP contribution in [0.5, 0.6) is 11.5 Å². The summed E-state index contributed by atoms with van der Waals surface area (Å²) >= 11 is 0. The Hall–Kier alpha value is -3.25. The second kappa shape index (κ2) is 10.4. The second-order valence-electron chi connectivity index (χ2n) is 8.01. The van der Waals surface area contributed by atoms with Crippen molar-refractivity contribution in [2.45, 2.75) is 19.3 Å². The fraction of sp³-hybridized carbons (Fsp3) is 0.346. The minimum atomic E-state index is 0.0329. The van der Waals surface area contributed by atoms with Crippen molar-refractivity contribution in [2.24, 2.45) is 0 Å². The van der Waals surface area contributed by atoms with Crippen LogP contribution < -0.4 is 25.0 Å². The highest BCUT2D eigenvalue weighted by Crippen LogP contribution is 2.33. The van der Waals surface area contributed by atoms with Gasteiger partial charge in [0.25, 0.3) is 0 Å². The molecule has 0 bridgehead atoms. The maximum Gasteiger partial charge on any atom is 0.224 e. The van der Waals surface area contributed by atoms with E-state index in [4.69, 9.17) is 9.47 Å². The van der Waals surface area contributed by atoms with Crippen LogP contribution in [0.2, 0.25) is 0 Å². The zero-order valence-electron chi connectivity index (χ0n) is 18.8. The normalized spacial score (nSPS) is 13.8. The van der Waals surface area contributed by atoms with Crippen molar-refractivity contribution < 1.29 is 14.3 Å². The van der Waals surface area contributed by atoms with Gasteiger partial charge in [-0.25, -0.2) is 0 Å². The molecule has 0 saturated carbocycles. The highest BCUT2D eigenvalue weighted by atomic mass is 16.5. The number of methoxy groups -OCH3 is 2. The lowest BCUT2D eigenvalue weighted by Crippen LogP contribution is -2.43. The molecule has 1 aliphatic heterocycles. The molecule has 1 heterocycles. The van der Waals surface area contributed by atoms with E-state index in [-0.39, 0.29) is 5.91 Å². The number of piperazine rings is 1. The van der Waals surface area contributed by atoms with Gasteiger partial charge in [0.1, 0.15) is 0 Å². The van der Waals surface area contributed by atoms with Gasteiger partial charge >= 0.3 is 0 Å². The van der Waals surface area contributed by atoms with Crippen molar-refractivity contribution in [3.05, 3.63) is 60.2 Å². The quantitative estimate of drug-likeness (QED) is 0.557. The number of aryl methyl sites for hydroxylation is 1. The largest absolute Gasteiger partial charge is 0.493 e.